The lowest BCUT2D eigenvalue weighted by Crippen LogP contribution is -2.64. The molecule has 0 amide bonds. The summed E-state index contributed by atoms with van der Waals surface area (Å²) in [4.78, 5) is 13.1. The van der Waals surface area contributed by atoms with Gasteiger partial charge >= 0.3 is 0 Å². The molecule has 0 aromatic rings. The maximum absolute atomic E-state index is 13.1. The van der Waals surface area contributed by atoms with Crippen molar-refractivity contribution in [2.45, 2.75) is 281 Å². The molecule has 0 aromatic carbocycles. The minimum atomic E-state index is -1.10. The Hall–Kier alpha value is -2.13. The zero-order valence-electron chi connectivity index (χ0n) is 46.6. The summed E-state index contributed by atoms with van der Waals surface area (Å²) in [6.07, 6.45) is 4.12. The van der Waals surface area contributed by atoms with Crippen LogP contribution < -0.4 is 0 Å². The lowest BCUT2D eigenvalue weighted by atomic mass is 9.75. The largest absolute Gasteiger partial charge is 0.393 e. The van der Waals surface area contributed by atoms with Crippen molar-refractivity contribution < 1.29 is 97.0 Å². The van der Waals surface area contributed by atoms with Crippen molar-refractivity contribution in [3.8, 4) is 0 Å². The first-order valence-corrected chi connectivity index (χ1v) is 30.2. The Bertz CT molecular complexity index is 2340. The van der Waals surface area contributed by atoms with Crippen LogP contribution in [0.2, 0.25) is 0 Å². The summed E-state index contributed by atoms with van der Waals surface area (Å²) in [5, 5.41) is 65.9. The molecule has 10 fully saturated rings. The number of aliphatic hydroxyl groups is 6. The van der Waals surface area contributed by atoms with Crippen LogP contribution in [0.15, 0.2) is 48.6 Å². The average molecular weight is 1130 g/mol. The average Bonchev–Trinajstić information content (AvgIpc) is 3.51. The van der Waals surface area contributed by atoms with Crippen LogP contribution in [0.4, 0.5) is 0 Å². The second-order valence-electron chi connectivity index (χ2n) is 26.2. The van der Waals surface area contributed by atoms with E-state index in [1.54, 1.807) is 6.08 Å². The van der Waals surface area contributed by atoms with Gasteiger partial charge in [0.1, 0.15) is 60.2 Å². The van der Waals surface area contributed by atoms with Gasteiger partial charge in [0.2, 0.25) is 0 Å². The van der Waals surface area contributed by atoms with E-state index in [2.05, 4.69) is 32.9 Å². The number of carbonyl (C=O) groups excluding carboxylic acids is 1. The van der Waals surface area contributed by atoms with E-state index in [-0.39, 0.29) is 91.9 Å². The SMILES string of the molecule is CC1CC2OC3C(CC2OC2CC4OC5CC=CCC6OC7C=CC8OC9C(CC8OC7C=CC6OC5CC(O)C4(C)OC2C1)OC1CC(=O)CC(/C=C\C(O)CO)OC1C9O)OC1C(C)C(C)C2(CC(O)CO2)OC1C(O)C3C. The summed E-state index contributed by atoms with van der Waals surface area (Å²) >= 11 is 0. The maximum atomic E-state index is 13.1. The summed E-state index contributed by atoms with van der Waals surface area (Å²) in [6, 6.07) is 0. The summed E-state index contributed by atoms with van der Waals surface area (Å²) < 4.78 is 88.7. The Balaban J connectivity index is 0.678. The molecule has 0 saturated carbocycles. The van der Waals surface area contributed by atoms with Crippen LogP contribution in [0.5, 0.6) is 0 Å². The minimum absolute atomic E-state index is 0.0384. The Morgan fingerprint density at radius 3 is 1.96 bits per heavy atom. The summed E-state index contributed by atoms with van der Waals surface area (Å²) in [7, 11) is 0. The first-order chi connectivity index (χ1) is 38.4. The van der Waals surface area contributed by atoms with Crippen LogP contribution in [0.3, 0.4) is 0 Å². The molecule has 0 radical (unpaired) electrons. The smallest absolute Gasteiger partial charge is 0.174 e. The Labute approximate surface area is 468 Å². The van der Waals surface area contributed by atoms with Gasteiger partial charge in [0.25, 0.3) is 0 Å². The second kappa shape index (κ2) is 22.6. The molecule has 20 heteroatoms. The summed E-state index contributed by atoms with van der Waals surface area (Å²) in [5.41, 5.74) is -1.06. The molecule has 13 aliphatic rings. The van der Waals surface area contributed by atoms with Gasteiger partial charge in [-0.1, -0.05) is 76.3 Å². The van der Waals surface area contributed by atoms with Crippen molar-refractivity contribution in [1.29, 1.82) is 0 Å². The first kappa shape index (κ1) is 57.0. The van der Waals surface area contributed by atoms with Crippen molar-refractivity contribution in [3.63, 3.8) is 0 Å². The number of rotatable bonds is 3. The van der Waals surface area contributed by atoms with E-state index in [9.17, 15) is 35.4 Å². The van der Waals surface area contributed by atoms with Crippen LogP contribution in [-0.2, 0) is 66.4 Å². The highest BCUT2D eigenvalue weighted by Gasteiger charge is 2.63. The number of hydrogen-bond donors (Lipinski definition) is 6. The molecular weight excluding hydrogens is 1040 g/mol. The highest BCUT2D eigenvalue weighted by Crippen LogP contribution is 2.52. The standard InChI is InChI=1S/C60H86O20/c1-27-16-41-43(21-48-54(77-41)29(3)52(66)58-55(78-48)28(2)30(4)60(80-58)24-33(64)26-68-60)73-45-23-51-59(5,79-46(45)17-27)50(65)22-44-36(75-51)9-7-6-8-35-37(72-44)12-13-39-38(70-35)14-15-40-42(71-39)20-49-57(76-40)53(67)56-47(74-49)19-32(63)18-34(69-56)11-10-31(62)25-61/h6-7,10-15,27-31,33-58,61-62,64-67H,8-9,16-26H2,1-5H3/b7-6?,11-10-. The third-order valence-corrected chi connectivity index (χ3v) is 20.8. The van der Waals surface area contributed by atoms with Crippen molar-refractivity contribution in [2.24, 2.45) is 23.7 Å². The zero-order chi connectivity index (χ0) is 55.5. The van der Waals surface area contributed by atoms with Gasteiger partial charge in [0, 0.05) is 56.8 Å². The van der Waals surface area contributed by atoms with E-state index in [1.165, 1.54) is 6.08 Å². The van der Waals surface area contributed by atoms with E-state index >= 15 is 0 Å². The van der Waals surface area contributed by atoms with Gasteiger partial charge in [0.15, 0.2) is 5.79 Å². The highest BCUT2D eigenvalue weighted by molar-refractivity contribution is 5.80. The van der Waals surface area contributed by atoms with Crippen molar-refractivity contribution in [3.05, 3.63) is 48.6 Å². The zero-order valence-corrected chi connectivity index (χ0v) is 46.6. The first-order valence-electron chi connectivity index (χ1n) is 30.2. The van der Waals surface area contributed by atoms with E-state index in [0.717, 1.165) is 6.42 Å². The molecule has 80 heavy (non-hydrogen) atoms. The molecule has 0 bridgehead atoms. The number of ketones is 1. The lowest BCUT2D eigenvalue weighted by Gasteiger charge is -2.53. The number of Topliss-reactive ketones (excluding diaryl/α,β-unsaturated/α-hetero) is 1. The molecule has 13 rings (SSSR count). The van der Waals surface area contributed by atoms with E-state index in [0.29, 0.717) is 44.9 Å². The fraction of sp³-hybridized carbons (Fsp3) is 0.850. The fourth-order valence-corrected chi connectivity index (χ4v) is 16.1. The van der Waals surface area contributed by atoms with Gasteiger partial charge in [-0.05, 0) is 44.4 Å². The van der Waals surface area contributed by atoms with Gasteiger partial charge in [0.05, 0.1) is 129 Å². The Morgan fingerprint density at radius 2 is 1.20 bits per heavy atom. The number of aliphatic hydroxyl groups excluding tert-OH is 6. The van der Waals surface area contributed by atoms with Gasteiger partial charge < -0.3 is 92.2 Å². The monoisotopic (exact) mass is 1130 g/mol. The van der Waals surface area contributed by atoms with Gasteiger partial charge in [-0.2, -0.15) is 0 Å². The minimum Gasteiger partial charge on any atom is -0.393 e. The number of ether oxygens (including phenoxy) is 13. The van der Waals surface area contributed by atoms with E-state index in [4.69, 9.17) is 61.6 Å². The molecule has 13 aliphatic heterocycles. The molecule has 6 N–H and O–H groups in total. The molecule has 33 unspecified atom stereocenters. The van der Waals surface area contributed by atoms with E-state index < -0.39 is 146 Å². The third kappa shape index (κ3) is 10.5. The number of hydrogen-bond acceptors (Lipinski definition) is 20. The fourth-order valence-electron chi connectivity index (χ4n) is 16.1. The predicted molar refractivity (Wildman–Crippen MR) is 280 cm³/mol. The van der Waals surface area contributed by atoms with Gasteiger partial charge in [-0.15, -0.1) is 0 Å². The van der Waals surface area contributed by atoms with Crippen molar-refractivity contribution >= 4 is 5.78 Å². The van der Waals surface area contributed by atoms with Gasteiger partial charge in [-0.25, -0.2) is 0 Å². The molecule has 446 valence electrons. The molecule has 0 aromatic heterocycles. The van der Waals surface area contributed by atoms with E-state index in [1.807, 2.05) is 38.2 Å². The number of carbonyl (C=O) groups is 1. The normalized spacial score (nSPS) is 56.1. The lowest BCUT2D eigenvalue weighted by molar-refractivity contribution is -0.339. The van der Waals surface area contributed by atoms with Crippen LogP contribution in [0, 0.1) is 23.7 Å². The van der Waals surface area contributed by atoms with Crippen LogP contribution in [0.1, 0.15) is 105 Å². The molecular formula is C60H86O20. The van der Waals surface area contributed by atoms with Crippen LogP contribution in [-0.4, -0.2) is 226 Å². The van der Waals surface area contributed by atoms with Crippen LogP contribution >= 0.6 is 0 Å². The van der Waals surface area contributed by atoms with Crippen molar-refractivity contribution in [1.82, 2.24) is 0 Å². The molecule has 10 saturated heterocycles. The third-order valence-electron chi connectivity index (χ3n) is 20.8. The topological polar surface area (TPSA) is 258 Å². The predicted octanol–water partition coefficient (Wildman–Crippen LogP) is 2.37. The molecule has 13 heterocycles. The molecule has 20 nitrogen and oxygen atoms in total. The van der Waals surface area contributed by atoms with Gasteiger partial charge in [-0.3, -0.25) is 4.79 Å². The highest BCUT2D eigenvalue weighted by atomic mass is 16.7. The number of fused-ring (bicyclic) bond motifs is 11. The molecule has 1 spiro atoms. The molecule has 0 aliphatic carbocycles. The van der Waals surface area contributed by atoms with Crippen LogP contribution in [0.25, 0.3) is 0 Å². The maximum Gasteiger partial charge on any atom is 0.174 e. The second-order valence-corrected chi connectivity index (χ2v) is 26.2. The molecule has 33 atom stereocenters. The summed E-state index contributed by atoms with van der Waals surface area (Å²) in [6.45, 7) is 10.2. The Kier molecular flexibility index (Phi) is 16.1. The summed E-state index contributed by atoms with van der Waals surface area (Å²) in [5.74, 6) is -1.33. The van der Waals surface area contributed by atoms with Crippen molar-refractivity contribution in [2.75, 3.05) is 13.2 Å². The Morgan fingerprint density at radius 1 is 0.575 bits per heavy atom. The quantitative estimate of drug-likeness (QED) is 0.222.